The molecule has 1 aliphatic rings. The molecule has 0 amide bonds. The predicted molar refractivity (Wildman–Crippen MR) is 66.5 cm³/mol. The van der Waals surface area contributed by atoms with Gasteiger partial charge in [0.1, 0.15) is 5.44 Å². The number of carbonyl (C=O) groups excluding carboxylic acids is 1. The maximum atomic E-state index is 10.6. The molecule has 0 bridgehead atoms. The molecule has 3 nitrogen and oxygen atoms in total. The number of carbonyl (C=O) groups is 1. The number of rotatable bonds is 6. The van der Waals surface area contributed by atoms with Gasteiger partial charge >= 0.3 is 5.97 Å². The third-order valence-electron chi connectivity index (χ3n) is 2.62. The second-order valence-electron chi connectivity index (χ2n) is 4.36. The van der Waals surface area contributed by atoms with Crippen LogP contribution in [0.3, 0.4) is 0 Å². The maximum Gasteiger partial charge on any atom is 0.302 e. The van der Waals surface area contributed by atoms with Crippen molar-refractivity contribution in [1.82, 2.24) is 0 Å². The second-order valence-corrected chi connectivity index (χ2v) is 5.56. The van der Waals surface area contributed by atoms with Crippen LogP contribution in [0, 0.1) is 5.92 Å². The number of hydrogen-bond donors (Lipinski definition) is 0. The Kier molecular flexibility index (Phi) is 6.88. The molecular formula is C12H22O3S. The molecule has 0 aromatic carbocycles. The van der Waals surface area contributed by atoms with Crippen LogP contribution in [0.5, 0.6) is 0 Å². The van der Waals surface area contributed by atoms with Gasteiger partial charge < -0.3 is 9.47 Å². The Morgan fingerprint density at radius 2 is 2.38 bits per heavy atom. The summed E-state index contributed by atoms with van der Waals surface area (Å²) in [6.45, 7) is 5.11. The van der Waals surface area contributed by atoms with E-state index in [9.17, 15) is 4.79 Å². The average molecular weight is 246 g/mol. The molecule has 0 N–H and O–H groups in total. The van der Waals surface area contributed by atoms with Crippen LogP contribution >= 0.6 is 11.8 Å². The highest BCUT2D eigenvalue weighted by Crippen LogP contribution is 2.25. The van der Waals surface area contributed by atoms with Crippen molar-refractivity contribution in [1.29, 1.82) is 0 Å². The predicted octanol–water partition coefficient (Wildman–Crippen LogP) is 2.84. The van der Waals surface area contributed by atoms with Gasteiger partial charge in [0.15, 0.2) is 0 Å². The van der Waals surface area contributed by atoms with E-state index >= 15 is 0 Å². The molecule has 16 heavy (non-hydrogen) atoms. The van der Waals surface area contributed by atoms with Crippen molar-refractivity contribution in [3.05, 3.63) is 0 Å². The van der Waals surface area contributed by atoms with Crippen LogP contribution in [0.2, 0.25) is 0 Å². The zero-order valence-electron chi connectivity index (χ0n) is 10.2. The molecule has 0 saturated carbocycles. The molecule has 1 aliphatic heterocycles. The summed E-state index contributed by atoms with van der Waals surface area (Å²) in [7, 11) is 0. The maximum absolute atomic E-state index is 10.6. The topological polar surface area (TPSA) is 35.5 Å². The van der Waals surface area contributed by atoms with Crippen LogP contribution < -0.4 is 0 Å². The molecule has 1 heterocycles. The smallest absolute Gasteiger partial charge is 0.302 e. The summed E-state index contributed by atoms with van der Waals surface area (Å²) in [5, 5.41) is 0. The van der Waals surface area contributed by atoms with Crippen LogP contribution in [0.4, 0.5) is 0 Å². The van der Waals surface area contributed by atoms with Crippen molar-refractivity contribution in [2.24, 2.45) is 5.92 Å². The van der Waals surface area contributed by atoms with Crippen molar-refractivity contribution in [2.45, 2.75) is 45.0 Å². The molecule has 1 saturated heterocycles. The summed E-state index contributed by atoms with van der Waals surface area (Å²) in [4.78, 5) is 10.6. The van der Waals surface area contributed by atoms with Gasteiger partial charge in [-0.3, -0.25) is 4.79 Å². The zero-order chi connectivity index (χ0) is 11.8. The lowest BCUT2D eigenvalue weighted by Gasteiger charge is -2.23. The molecule has 1 fully saturated rings. The quantitative estimate of drug-likeness (QED) is 0.675. The molecule has 1 rings (SSSR count). The van der Waals surface area contributed by atoms with Crippen LogP contribution in [0.1, 0.15) is 39.5 Å². The summed E-state index contributed by atoms with van der Waals surface area (Å²) in [5.74, 6) is 1.48. The first kappa shape index (κ1) is 13.8. The minimum Gasteiger partial charge on any atom is -0.466 e. The van der Waals surface area contributed by atoms with Gasteiger partial charge in [0.25, 0.3) is 0 Å². The van der Waals surface area contributed by atoms with Gasteiger partial charge in [-0.15, -0.1) is 11.8 Å². The first-order valence-corrected chi connectivity index (χ1v) is 7.10. The first-order valence-electron chi connectivity index (χ1n) is 6.05. The van der Waals surface area contributed by atoms with E-state index in [0.29, 0.717) is 18.0 Å². The molecule has 2 atom stereocenters. The Morgan fingerprint density at radius 1 is 1.56 bits per heavy atom. The van der Waals surface area contributed by atoms with Crippen LogP contribution in [-0.2, 0) is 14.3 Å². The lowest BCUT2D eigenvalue weighted by Crippen LogP contribution is -2.17. The van der Waals surface area contributed by atoms with Gasteiger partial charge in [-0.2, -0.15) is 0 Å². The van der Waals surface area contributed by atoms with Crippen molar-refractivity contribution < 1.29 is 14.3 Å². The van der Waals surface area contributed by atoms with E-state index in [4.69, 9.17) is 9.47 Å². The molecule has 2 unspecified atom stereocenters. The average Bonchev–Trinajstić information content (AvgIpc) is 2.27. The SMILES string of the molecule is CC(=O)OCCC(C)CSC1CCCCO1. The van der Waals surface area contributed by atoms with E-state index in [-0.39, 0.29) is 5.97 Å². The van der Waals surface area contributed by atoms with E-state index in [0.717, 1.165) is 18.8 Å². The standard InChI is InChI=1S/C12H22O3S/c1-10(6-8-14-11(2)13)9-16-12-5-3-4-7-15-12/h10,12H,3-9H2,1-2H3. The molecule has 0 spiro atoms. The minimum absolute atomic E-state index is 0.185. The Morgan fingerprint density at radius 3 is 3.00 bits per heavy atom. The van der Waals surface area contributed by atoms with Crippen LogP contribution in [0.25, 0.3) is 0 Å². The Balaban J connectivity index is 2.00. The number of ether oxygens (including phenoxy) is 2. The highest BCUT2D eigenvalue weighted by Gasteiger charge is 2.15. The minimum atomic E-state index is -0.185. The summed E-state index contributed by atoms with van der Waals surface area (Å²) in [6, 6.07) is 0. The molecule has 94 valence electrons. The number of thioether (sulfide) groups is 1. The normalized spacial score (nSPS) is 22.8. The van der Waals surface area contributed by atoms with E-state index in [1.54, 1.807) is 0 Å². The third-order valence-corrected chi connectivity index (χ3v) is 4.13. The van der Waals surface area contributed by atoms with E-state index < -0.39 is 0 Å². The molecule has 0 aliphatic carbocycles. The van der Waals surface area contributed by atoms with Crippen molar-refractivity contribution in [2.75, 3.05) is 19.0 Å². The van der Waals surface area contributed by atoms with Crippen molar-refractivity contribution >= 4 is 17.7 Å². The third kappa shape index (κ3) is 6.38. The first-order chi connectivity index (χ1) is 7.68. The lowest BCUT2D eigenvalue weighted by atomic mass is 10.1. The van der Waals surface area contributed by atoms with Gasteiger partial charge in [0.2, 0.25) is 0 Å². The number of hydrogen-bond acceptors (Lipinski definition) is 4. The van der Waals surface area contributed by atoms with Crippen LogP contribution in [0.15, 0.2) is 0 Å². The van der Waals surface area contributed by atoms with E-state index in [1.165, 1.54) is 26.2 Å². The van der Waals surface area contributed by atoms with Gasteiger partial charge in [0.05, 0.1) is 6.61 Å². The zero-order valence-corrected chi connectivity index (χ0v) is 11.1. The molecular weight excluding hydrogens is 224 g/mol. The van der Waals surface area contributed by atoms with E-state index in [2.05, 4.69) is 6.92 Å². The van der Waals surface area contributed by atoms with E-state index in [1.807, 2.05) is 11.8 Å². The summed E-state index contributed by atoms with van der Waals surface area (Å²) in [5.41, 5.74) is 0.393. The van der Waals surface area contributed by atoms with Gasteiger partial charge in [-0.25, -0.2) is 0 Å². The highest BCUT2D eigenvalue weighted by atomic mass is 32.2. The Labute approximate surface area is 102 Å². The summed E-state index contributed by atoms with van der Waals surface area (Å²) in [6.07, 6.45) is 4.62. The van der Waals surface area contributed by atoms with Crippen LogP contribution in [-0.4, -0.2) is 30.4 Å². The number of esters is 1. The summed E-state index contributed by atoms with van der Waals surface area (Å²) >= 11 is 1.90. The highest BCUT2D eigenvalue weighted by molar-refractivity contribution is 7.99. The molecule has 4 heteroatoms. The Hall–Kier alpha value is -0.220. The largest absolute Gasteiger partial charge is 0.466 e. The molecule has 0 radical (unpaired) electrons. The Bertz CT molecular complexity index is 202. The van der Waals surface area contributed by atoms with Gasteiger partial charge in [-0.1, -0.05) is 6.92 Å². The fourth-order valence-corrected chi connectivity index (χ4v) is 2.84. The lowest BCUT2D eigenvalue weighted by molar-refractivity contribution is -0.141. The monoisotopic (exact) mass is 246 g/mol. The fraction of sp³-hybridized carbons (Fsp3) is 0.917. The van der Waals surface area contributed by atoms with Gasteiger partial charge in [0, 0.05) is 13.5 Å². The van der Waals surface area contributed by atoms with Crippen molar-refractivity contribution in [3.8, 4) is 0 Å². The molecule has 0 aromatic heterocycles. The molecule has 0 aromatic rings. The van der Waals surface area contributed by atoms with Crippen molar-refractivity contribution in [3.63, 3.8) is 0 Å². The summed E-state index contributed by atoms with van der Waals surface area (Å²) < 4.78 is 10.6. The second kappa shape index (κ2) is 7.96. The fourth-order valence-electron chi connectivity index (χ4n) is 1.60. The van der Waals surface area contributed by atoms with Gasteiger partial charge in [-0.05, 0) is 37.4 Å².